The smallest absolute Gasteiger partial charge is 0.218 e. The van der Waals surface area contributed by atoms with Gasteiger partial charge in [0, 0.05) is 12.4 Å². The summed E-state index contributed by atoms with van der Waals surface area (Å²) in [7, 11) is 0. The van der Waals surface area contributed by atoms with Gasteiger partial charge in [-0.2, -0.15) is 0 Å². The van der Waals surface area contributed by atoms with Gasteiger partial charge >= 0.3 is 0 Å². The van der Waals surface area contributed by atoms with Crippen molar-refractivity contribution in [3.8, 4) is 5.75 Å². The lowest BCUT2D eigenvalue weighted by molar-refractivity contribution is -0.306. The maximum atomic E-state index is 10.9. The topological polar surface area (TPSA) is 92.5 Å². The monoisotopic (exact) mass is 250 g/mol. The summed E-state index contributed by atoms with van der Waals surface area (Å²) in [4.78, 5) is 21.6. The Hall–Kier alpha value is -2.04. The molecular weight excluding hydrogens is 234 g/mol. The van der Waals surface area contributed by atoms with Gasteiger partial charge in [0.1, 0.15) is 5.75 Å². The predicted molar refractivity (Wildman–Crippen MR) is 63.8 cm³/mol. The molecule has 0 spiro atoms. The van der Waals surface area contributed by atoms with Crippen LogP contribution in [0.5, 0.6) is 5.75 Å². The number of carboxylic acid groups (broad SMARTS) is 1. The molecule has 1 atom stereocenters. The molecule has 0 aromatic heterocycles. The number of ether oxygens (including phenoxy) is 1. The summed E-state index contributed by atoms with van der Waals surface area (Å²) >= 11 is 0. The van der Waals surface area contributed by atoms with E-state index < -0.39 is 17.8 Å². The third-order valence-electron chi connectivity index (χ3n) is 2.52. The standard InChI is InChI=1S/C13H17NO4/c1-2-18-11-5-3-9(4-6-11)10(7-12(14)15)8-13(16)17/h3-6,10H,2,7-8H2,1H3,(H2,14,15)(H,16,17)/p-1. The Kier molecular flexibility index (Phi) is 5.17. The Labute approximate surface area is 106 Å². The van der Waals surface area contributed by atoms with E-state index in [1.54, 1.807) is 24.3 Å². The van der Waals surface area contributed by atoms with Crippen molar-refractivity contribution in [2.24, 2.45) is 5.73 Å². The van der Waals surface area contributed by atoms with E-state index in [9.17, 15) is 14.7 Å². The lowest BCUT2D eigenvalue weighted by atomic mass is 9.92. The first-order valence-corrected chi connectivity index (χ1v) is 5.73. The summed E-state index contributed by atoms with van der Waals surface area (Å²) in [5.41, 5.74) is 5.84. The second-order valence-corrected chi connectivity index (χ2v) is 3.95. The van der Waals surface area contributed by atoms with Crippen LogP contribution in [0.25, 0.3) is 0 Å². The zero-order chi connectivity index (χ0) is 13.5. The fraction of sp³-hybridized carbons (Fsp3) is 0.385. The Balaban J connectivity index is 2.83. The van der Waals surface area contributed by atoms with Crippen molar-refractivity contribution in [2.75, 3.05) is 6.61 Å². The van der Waals surface area contributed by atoms with Crippen LogP contribution in [0.15, 0.2) is 24.3 Å². The van der Waals surface area contributed by atoms with Gasteiger partial charge in [-0.1, -0.05) is 12.1 Å². The van der Waals surface area contributed by atoms with Gasteiger partial charge in [-0.05, 0) is 37.0 Å². The lowest BCUT2D eigenvalue weighted by Crippen LogP contribution is -2.26. The van der Waals surface area contributed by atoms with Gasteiger partial charge in [0.25, 0.3) is 0 Å². The largest absolute Gasteiger partial charge is 0.550 e. The minimum Gasteiger partial charge on any atom is -0.550 e. The molecule has 0 radical (unpaired) electrons. The first-order chi connectivity index (χ1) is 8.52. The highest BCUT2D eigenvalue weighted by Gasteiger charge is 2.15. The van der Waals surface area contributed by atoms with Crippen molar-refractivity contribution in [1.82, 2.24) is 0 Å². The summed E-state index contributed by atoms with van der Waals surface area (Å²) in [6.45, 7) is 2.43. The molecular formula is C13H16NO4-. The SMILES string of the molecule is CCOc1ccc(C(CC(N)=O)CC(=O)[O-])cc1. The molecule has 18 heavy (non-hydrogen) atoms. The number of amides is 1. The zero-order valence-electron chi connectivity index (χ0n) is 10.2. The highest BCUT2D eigenvalue weighted by atomic mass is 16.5. The van der Waals surface area contributed by atoms with Crippen molar-refractivity contribution in [3.63, 3.8) is 0 Å². The molecule has 98 valence electrons. The van der Waals surface area contributed by atoms with Gasteiger partial charge in [-0.25, -0.2) is 0 Å². The third kappa shape index (κ3) is 4.45. The first-order valence-electron chi connectivity index (χ1n) is 5.73. The van der Waals surface area contributed by atoms with Crippen LogP contribution in [0.3, 0.4) is 0 Å². The number of aliphatic carboxylic acids is 1. The molecule has 0 aliphatic rings. The van der Waals surface area contributed by atoms with E-state index in [0.29, 0.717) is 12.4 Å². The molecule has 0 aliphatic carbocycles. The van der Waals surface area contributed by atoms with Crippen molar-refractivity contribution in [3.05, 3.63) is 29.8 Å². The Bertz CT molecular complexity index is 398. The number of carbonyl (C=O) groups is 2. The molecule has 5 nitrogen and oxygen atoms in total. The van der Waals surface area contributed by atoms with Crippen LogP contribution in [0.2, 0.25) is 0 Å². The highest BCUT2D eigenvalue weighted by molar-refractivity contribution is 5.76. The molecule has 0 fully saturated rings. The number of benzene rings is 1. The number of carbonyl (C=O) groups excluding carboxylic acids is 2. The molecule has 0 heterocycles. The Morgan fingerprint density at radius 1 is 1.28 bits per heavy atom. The molecule has 2 N–H and O–H groups in total. The minimum absolute atomic E-state index is 0.0119. The molecule has 0 saturated heterocycles. The number of hydrogen-bond donors (Lipinski definition) is 1. The summed E-state index contributed by atoms with van der Waals surface area (Å²) in [6.07, 6.45) is -0.237. The van der Waals surface area contributed by atoms with Gasteiger partial charge in [-0.3, -0.25) is 4.79 Å². The van der Waals surface area contributed by atoms with E-state index in [1.807, 2.05) is 6.92 Å². The fourth-order valence-corrected chi connectivity index (χ4v) is 1.75. The van der Waals surface area contributed by atoms with Crippen LogP contribution >= 0.6 is 0 Å². The predicted octanol–water partition coefficient (Wildman–Crippen LogP) is 0.184. The average molecular weight is 250 g/mol. The van der Waals surface area contributed by atoms with Gasteiger partial charge < -0.3 is 20.4 Å². The van der Waals surface area contributed by atoms with Crippen LogP contribution in [0, 0.1) is 0 Å². The summed E-state index contributed by atoms with van der Waals surface area (Å²) < 4.78 is 5.28. The van der Waals surface area contributed by atoms with Crippen LogP contribution < -0.4 is 15.6 Å². The Morgan fingerprint density at radius 3 is 2.33 bits per heavy atom. The number of hydrogen-bond acceptors (Lipinski definition) is 4. The van der Waals surface area contributed by atoms with Crippen LogP contribution in [0.1, 0.15) is 31.2 Å². The van der Waals surface area contributed by atoms with E-state index in [-0.39, 0.29) is 12.8 Å². The minimum atomic E-state index is -1.20. The zero-order valence-corrected chi connectivity index (χ0v) is 10.2. The number of carboxylic acids is 1. The number of rotatable bonds is 7. The Morgan fingerprint density at radius 2 is 1.89 bits per heavy atom. The second-order valence-electron chi connectivity index (χ2n) is 3.95. The van der Waals surface area contributed by atoms with Crippen LogP contribution in [-0.2, 0) is 9.59 Å². The number of primary amides is 1. The van der Waals surface area contributed by atoms with Crippen molar-refractivity contribution < 1.29 is 19.4 Å². The van der Waals surface area contributed by atoms with E-state index in [4.69, 9.17) is 10.5 Å². The quantitative estimate of drug-likeness (QED) is 0.747. The summed E-state index contributed by atoms with van der Waals surface area (Å²) in [5.74, 6) is -1.49. The summed E-state index contributed by atoms with van der Waals surface area (Å²) in [6, 6.07) is 6.95. The lowest BCUT2D eigenvalue weighted by Gasteiger charge is -2.16. The fourth-order valence-electron chi connectivity index (χ4n) is 1.75. The van der Waals surface area contributed by atoms with E-state index >= 15 is 0 Å². The molecule has 0 aliphatic heterocycles. The van der Waals surface area contributed by atoms with Gasteiger partial charge in [0.05, 0.1) is 6.61 Å². The maximum Gasteiger partial charge on any atom is 0.218 e. The van der Waals surface area contributed by atoms with E-state index in [1.165, 1.54) is 0 Å². The maximum absolute atomic E-state index is 10.9. The molecule has 0 saturated carbocycles. The average Bonchev–Trinajstić information content (AvgIpc) is 2.28. The van der Waals surface area contributed by atoms with Gasteiger partial charge in [-0.15, -0.1) is 0 Å². The molecule has 1 aromatic carbocycles. The van der Waals surface area contributed by atoms with Crippen molar-refractivity contribution >= 4 is 11.9 Å². The van der Waals surface area contributed by atoms with Crippen LogP contribution in [0.4, 0.5) is 0 Å². The normalized spacial score (nSPS) is 11.8. The van der Waals surface area contributed by atoms with E-state index in [2.05, 4.69) is 0 Å². The summed E-state index contributed by atoms with van der Waals surface area (Å²) in [5, 5.41) is 10.6. The molecule has 1 amide bonds. The van der Waals surface area contributed by atoms with Crippen LogP contribution in [-0.4, -0.2) is 18.5 Å². The number of nitrogens with two attached hydrogens (primary N) is 1. The van der Waals surface area contributed by atoms with Gasteiger partial charge in [0.15, 0.2) is 0 Å². The first kappa shape index (κ1) is 14.0. The van der Waals surface area contributed by atoms with E-state index in [0.717, 1.165) is 5.56 Å². The van der Waals surface area contributed by atoms with Gasteiger partial charge in [0.2, 0.25) is 5.91 Å². The highest BCUT2D eigenvalue weighted by Crippen LogP contribution is 2.25. The molecule has 1 rings (SSSR count). The van der Waals surface area contributed by atoms with Crippen molar-refractivity contribution in [2.45, 2.75) is 25.7 Å². The third-order valence-corrected chi connectivity index (χ3v) is 2.52. The second kappa shape index (κ2) is 6.64. The molecule has 1 unspecified atom stereocenters. The molecule has 1 aromatic rings. The molecule has 5 heteroatoms. The molecule has 0 bridgehead atoms. The van der Waals surface area contributed by atoms with Crippen molar-refractivity contribution in [1.29, 1.82) is 0 Å².